The molecule has 24 heavy (non-hydrogen) atoms. The molecule has 2 aromatic carbocycles. The molecule has 0 saturated carbocycles. The highest BCUT2D eigenvalue weighted by Gasteiger charge is 2.13. The molecule has 127 valence electrons. The number of rotatable bonds is 7. The van der Waals surface area contributed by atoms with Gasteiger partial charge in [0.15, 0.2) is 6.61 Å². The number of nitrogens with zero attached hydrogens (tertiary/aromatic N) is 1. The highest BCUT2D eigenvalue weighted by Crippen LogP contribution is 2.22. The number of oxime groups is 1. The van der Waals surface area contributed by atoms with Crippen molar-refractivity contribution in [3.8, 4) is 5.75 Å². The summed E-state index contributed by atoms with van der Waals surface area (Å²) in [4.78, 5) is 5.41. The summed E-state index contributed by atoms with van der Waals surface area (Å²) in [6.45, 7) is 9.59. The summed E-state index contributed by atoms with van der Waals surface area (Å²) in [5.74, 6) is 0.790. The summed E-state index contributed by atoms with van der Waals surface area (Å²) in [5, 5.41) is 4.26. The van der Waals surface area contributed by atoms with Crippen LogP contribution in [-0.4, -0.2) is 18.9 Å². The van der Waals surface area contributed by atoms with Crippen LogP contribution in [0.2, 0.25) is 0 Å². The van der Waals surface area contributed by atoms with Crippen LogP contribution in [0.5, 0.6) is 5.75 Å². The monoisotopic (exact) mass is 324 g/mol. The summed E-state index contributed by atoms with van der Waals surface area (Å²) in [5.41, 5.74) is 3.52. The van der Waals surface area contributed by atoms with Gasteiger partial charge in [0, 0.05) is 0 Å². The summed E-state index contributed by atoms with van der Waals surface area (Å²) in [6.07, 6.45) is 0.823. The SMILES string of the molecule is CC/C(=N\OCCOc1c[c]ccc1)c1ccc(C(C)(C)C)cc1. The van der Waals surface area contributed by atoms with Crippen LogP contribution in [0.15, 0.2) is 53.7 Å². The quantitative estimate of drug-likeness (QED) is 0.408. The Bertz CT molecular complexity index is 640. The highest BCUT2D eigenvalue weighted by atomic mass is 16.6. The molecule has 0 aliphatic rings. The van der Waals surface area contributed by atoms with E-state index in [-0.39, 0.29) is 5.41 Å². The standard InChI is InChI=1S/C21H26NO2/c1-5-20(17-11-13-18(14-12-17)21(2,3)4)22-24-16-15-23-19-9-7-6-8-10-19/h6-7,9-14H,5,15-16H2,1-4H3/b22-20+. The van der Waals surface area contributed by atoms with E-state index >= 15 is 0 Å². The number of hydrogen-bond donors (Lipinski definition) is 0. The van der Waals surface area contributed by atoms with E-state index in [9.17, 15) is 0 Å². The lowest BCUT2D eigenvalue weighted by molar-refractivity contribution is 0.107. The van der Waals surface area contributed by atoms with Crippen molar-refractivity contribution in [2.45, 2.75) is 39.5 Å². The fourth-order valence-electron chi connectivity index (χ4n) is 2.27. The van der Waals surface area contributed by atoms with Crippen molar-refractivity contribution in [3.63, 3.8) is 0 Å². The highest BCUT2D eigenvalue weighted by molar-refractivity contribution is 6.00. The van der Waals surface area contributed by atoms with Gasteiger partial charge in [-0.2, -0.15) is 0 Å². The topological polar surface area (TPSA) is 30.8 Å². The van der Waals surface area contributed by atoms with Crippen molar-refractivity contribution in [3.05, 3.63) is 65.7 Å². The van der Waals surface area contributed by atoms with Gasteiger partial charge in [0.2, 0.25) is 0 Å². The molecule has 0 aliphatic heterocycles. The Kier molecular flexibility index (Phi) is 6.42. The minimum absolute atomic E-state index is 0.157. The molecule has 0 aromatic heterocycles. The molecule has 0 spiro atoms. The lowest BCUT2D eigenvalue weighted by atomic mass is 9.86. The molecule has 0 unspecified atom stereocenters. The first-order chi connectivity index (χ1) is 11.5. The third-order valence-corrected chi connectivity index (χ3v) is 3.72. The molecule has 0 N–H and O–H groups in total. The molecule has 0 aliphatic carbocycles. The fraction of sp³-hybridized carbons (Fsp3) is 0.381. The molecular formula is C21H26NO2. The zero-order chi connectivity index (χ0) is 17.4. The lowest BCUT2D eigenvalue weighted by Gasteiger charge is -2.19. The van der Waals surface area contributed by atoms with Crippen LogP contribution in [0.25, 0.3) is 0 Å². The average molecular weight is 324 g/mol. The van der Waals surface area contributed by atoms with Crippen LogP contribution in [-0.2, 0) is 10.3 Å². The van der Waals surface area contributed by atoms with Crippen molar-refractivity contribution in [2.24, 2.45) is 5.16 Å². The van der Waals surface area contributed by atoms with Gasteiger partial charge < -0.3 is 9.57 Å². The predicted molar refractivity (Wildman–Crippen MR) is 98.7 cm³/mol. The average Bonchev–Trinajstić information content (AvgIpc) is 2.58. The number of ether oxygens (including phenoxy) is 1. The van der Waals surface area contributed by atoms with Gasteiger partial charge in [-0.3, -0.25) is 0 Å². The summed E-state index contributed by atoms with van der Waals surface area (Å²) >= 11 is 0. The maximum atomic E-state index is 5.55. The van der Waals surface area contributed by atoms with Gasteiger partial charge in [-0.15, -0.1) is 0 Å². The van der Waals surface area contributed by atoms with Gasteiger partial charge >= 0.3 is 0 Å². The molecule has 0 heterocycles. The first-order valence-corrected chi connectivity index (χ1v) is 8.39. The molecule has 0 fully saturated rings. The molecule has 3 heteroatoms. The minimum Gasteiger partial charge on any atom is -0.490 e. The Morgan fingerprint density at radius 3 is 2.42 bits per heavy atom. The zero-order valence-corrected chi connectivity index (χ0v) is 15.0. The van der Waals surface area contributed by atoms with Crippen LogP contribution < -0.4 is 4.74 Å². The molecule has 3 nitrogen and oxygen atoms in total. The molecule has 2 rings (SSSR count). The van der Waals surface area contributed by atoms with Crippen molar-refractivity contribution in [1.29, 1.82) is 0 Å². The first kappa shape index (κ1) is 18.1. The number of hydrogen-bond acceptors (Lipinski definition) is 3. The Balaban J connectivity index is 1.87. The minimum atomic E-state index is 0.157. The van der Waals surface area contributed by atoms with E-state index in [0.717, 1.165) is 23.4 Å². The van der Waals surface area contributed by atoms with Gasteiger partial charge in [0.25, 0.3) is 0 Å². The Hall–Kier alpha value is -2.29. The Labute approximate surface area is 145 Å². The zero-order valence-electron chi connectivity index (χ0n) is 15.0. The second-order valence-electron chi connectivity index (χ2n) is 6.64. The van der Waals surface area contributed by atoms with E-state index < -0.39 is 0 Å². The van der Waals surface area contributed by atoms with E-state index in [1.165, 1.54) is 5.56 Å². The van der Waals surface area contributed by atoms with Crippen LogP contribution in [0.3, 0.4) is 0 Å². The van der Waals surface area contributed by atoms with Crippen LogP contribution >= 0.6 is 0 Å². The van der Waals surface area contributed by atoms with Gasteiger partial charge in [0.1, 0.15) is 12.4 Å². The summed E-state index contributed by atoms with van der Waals surface area (Å²) < 4.78 is 5.55. The van der Waals surface area contributed by atoms with E-state index in [0.29, 0.717) is 13.2 Å². The largest absolute Gasteiger partial charge is 0.490 e. The molecular weight excluding hydrogens is 298 g/mol. The van der Waals surface area contributed by atoms with Crippen molar-refractivity contribution in [2.75, 3.05) is 13.2 Å². The van der Waals surface area contributed by atoms with Crippen LogP contribution in [0, 0.1) is 6.07 Å². The second kappa shape index (κ2) is 8.53. The van der Waals surface area contributed by atoms with Crippen LogP contribution in [0.4, 0.5) is 0 Å². The van der Waals surface area contributed by atoms with E-state index in [1.807, 2.05) is 18.2 Å². The maximum absolute atomic E-state index is 5.55. The molecule has 0 amide bonds. The maximum Gasteiger partial charge on any atom is 0.151 e. The lowest BCUT2D eigenvalue weighted by Crippen LogP contribution is -2.11. The van der Waals surface area contributed by atoms with E-state index in [2.05, 4.69) is 63.2 Å². The van der Waals surface area contributed by atoms with Crippen molar-refractivity contribution in [1.82, 2.24) is 0 Å². The molecule has 0 atom stereocenters. The normalized spacial score (nSPS) is 12.1. The second-order valence-corrected chi connectivity index (χ2v) is 6.64. The molecule has 0 saturated heterocycles. The smallest absolute Gasteiger partial charge is 0.151 e. The van der Waals surface area contributed by atoms with E-state index in [1.54, 1.807) is 6.07 Å². The van der Waals surface area contributed by atoms with Crippen molar-refractivity contribution < 1.29 is 9.57 Å². The Morgan fingerprint density at radius 2 is 1.83 bits per heavy atom. The van der Waals surface area contributed by atoms with E-state index in [4.69, 9.17) is 9.57 Å². The first-order valence-electron chi connectivity index (χ1n) is 8.39. The van der Waals surface area contributed by atoms with Gasteiger partial charge in [-0.25, -0.2) is 0 Å². The van der Waals surface area contributed by atoms with Gasteiger partial charge in [0.05, 0.1) is 5.71 Å². The third-order valence-electron chi connectivity index (χ3n) is 3.72. The number of benzene rings is 2. The summed E-state index contributed by atoms with van der Waals surface area (Å²) in [7, 11) is 0. The molecule has 0 bridgehead atoms. The molecule has 2 aromatic rings. The van der Waals surface area contributed by atoms with Crippen LogP contribution in [0.1, 0.15) is 45.2 Å². The van der Waals surface area contributed by atoms with Gasteiger partial charge in [-0.05, 0) is 41.2 Å². The predicted octanol–water partition coefficient (Wildman–Crippen LogP) is 4.99. The third kappa shape index (κ3) is 5.41. The fourth-order valence-corrected chi connectivity index (χ4v) is 2.27. The summed E-state index contributed by atoms with van der Waals surface area (Å²) in [6, 6.07) is 19.0. The van der Waals surface area contributed by atoms with Crippen molar-refractivity contribution >= 4 is 5.71 Å². The van der Waals surface area contributed by atoms with Gasteiger partial charge in [-0.1, -0.05) is 69.2 Å². The molecule has 1 radical (unpaired) electrons. The Morgan fingerprint density at radius 1 is 1.08 bits per heavy atom.